The molecule has 3 aromatic carbocycles. The molecule has 0 saturated heterocycles. The first-order valence-corrected chi connectivity index (χ1v) is 13.2. The van der Waals surface area contributed by atoms with Crippen molar-refractivity contribution >= 4 is 11.6 Å². The van der Waals surface area contributed by atoms with Crippen molar-refractivity contribution in [3.8, 4) is 11.1 Å². The average Bonchev–Trinajstić information content (AvgIpc) is 2.84. The van der Waals surface area contributed by atoms with E-state index in [-0.39, 0.29) is 5.56 Å². The van der Waals surface area contributed by atoms with Gasteiger partial charge in [-0.3, -0.25) is 0 Å². The lowest BCUT2D eigenvalue weighted by Crippen LogP contribution is -2.16. The minimum Gasteiger partial charge on any atom is -0.206 e. The Morgan fingerprint density at radius 3 is 1.65 bits per heavy atom. The van der Waals surface area contributed by atoms with Crippen LogP contribution >= 0.6 is 11.6 Å². The minimum atomic E-state index is -0.497. The van der Waals surface area contributed by atoms with Crippen LogP contribution in [0.25, 0.3) is 11.1 Å². The van der Waals surface area contributed by atoms with Crippen molar-refractivity contribution in [2.24, 2.45) is 11.8 Å². The van der Waals surface area contributed by atoms with Crippen LogP contribution in [0.2, 0.25) is 5.02 Å². The fourth-order valence-electron chi connectivity index (χ4n) is 5.37. The summed E-state index contributed by atoms with van der Waals surface area (Å²) in [6.45, 7) is 2.22. The number of hydrogen-bond donors (Lipinski definition) is 0. The van der Waals surface area contributed by atoms with Gasteiger partial charge in [-0.15, -0.1) is 0 Å². The summed E-state index contributed by atoms with van der Waals surface area (Å²) in [6.07, 6.45) is 11.5. The van der Waals surface area contributed by atoms with Crippen molar-refractivity contribution in [1.29, 1.82) is 0 Å². The van der Waals surface area contributed by atoms with Gasteiger partial charge in [0, 0.05) is 5.02 Å². The summed E-state index contributed by atoms with van der Waals surface area (Å²) in [5.41, 5.74) is 4.18. The first kappa shape index (κ1) is 24.9. The average molecular weight is 481 g/mol. The summed E-state index contributed by atoms with van der Waals surface area (Å²) in [6, 6.07) is 18.8. The van der Waals surface area contributed by atoms with E-state index in [0.717, 1.165) is 30.7 Å². The molecule has 1 aliphatic carbocycles. The topological polar surface area (TPSA) is 0 Å². The van der Waals surface area contributed by atoms with Crippen LogP contribution in [-0.4, -0.2) is 0 Å². The second-order valence-electron chi connectivity index (χ2n) is 9.97. The van der Waals surface area contributed by atoms with Crippen LogP contribution in [0.3, 0.4) is 0 Å². The van der Waals surface area contributed by atoms with Crippen LogP contribution in [0.4, 0.5) is 8.78 Å². The quantitative estimate of drug-likeness (QED) is 0.286. The lowest BCUT2D eigenvalue weighted by atomic mass is 9.77. The van der Waals surface area contributed by atoms with Gasteiger partial charge in [0.1, 0.15) is 11.6 Å². The summed E-state index contributed by atoms with van der Waals surface area (Å²) >= 11 is 5.90. The molecule has 1 aliphatic rings. The molecule has 0 spiro atoms. The monoisotopic (exact) mass is 480 g/mol. The van der Waals surface area contributed by atoms with Crippen molar-refractivity contribution in [3.05, 3.63) is 94.0 Å². The summed E-state index contributed by atoms with van der Waals surface area (Å²) in [5.74, 6) is 0.472. The van der Waals surface area contributed by atoms with Crippen LogP contribution in [0.1, 0.15) is 68.6 Å². The van der Waals surface area contributed by atoms with E-state index in [1.54, 1.807) is 24.3 Å². The molecule has 3 aromatic rings. The Hall–Kier alpha value is -2.19. The molecular weight excluding hydrogens is 446 g/mol. The van der Waals surface area contributed by atoms with E-state index in [4.69, 9.17) is 11.6 Å². The lowest BCUT2D eigenvalue weighted by molar-refractivity contribution is 0.253. The van der Waals surface area contributed by atoms with Gasteiger partial charge in [0.25, 0.3) is 0 Å². The number of hydrogen-bond acceptors (Lipinski definition) is 0. The SMILES string of the molecule is CCCc1ccc(CC[C@H]2CC[C@H](CCc3cc(F)c(-c4ccc(Cl)cc4)c(F)c3)CC2)cc1. The maximum absolute atomic E-state index is 14.7. The van der Waals surface area contributed by atoms with Gasteiger partial charge in [0.05, 0.1) is 5.56 Å². The molecule has 0 nitrogen and oxygen atoms in total. The summed E-state index contributed by atoms with van der Waals surface area (Å²) in [4.78, 5) is 0. The van der Waals surface area contributed by atoms with E-state index >= 15 is 0 Å². The van der Waals surface area contributed by atoms with Gasteiger partial charge in [-0.1, -0.05) is 87.0 Å². The summed E-state index contributed by atoms with van der Waals surface area (Å²) < 4.78 is 29.5. The maximum Gasteiger partial charge on any atom is 0.134 e. The third-order valence-electron chi connectivity index (χ3n) is 7.45. The predicted molar refractivity (Wildman–Crippen MR) is 139 cm³/mol. The molecule has 0 atom stereocenters. The molecule has 34 heavy (non-hydrogen) atoms. The van der Waals surface area contributed by atoms with E-state index < -0.39 is 11.6 Å². The Labute approximate surface area is 208 Å². The van der Waals surface area contributed by atoms with E-state index in [1.807, 2.05) is 0 Å². The van der Waals surface area contributed by atoms with Crippen LogP contribution in [0.5, 0.6) is 0 Å². The highest BCUT2D eigenvalue weighted by atomic mass is 35.5. The van der Waals surface area contributed by atoms with Gasteiger partial charge in [-0.2, -0.15) is 0 Å². The fraction of sp³-hybridized carbons (Fsp3) is 0.419. The highest BCUT2D eigenvalue weighted by Gasteiger charge is 2.21. The zero-order valence-electron chi connectivity index (χ0n) is 20.1. The van der Waals surface area contributed by atoms with E-state index in [2.05, 4.69) is 31.2 Å². The van der Waals surface area contributed by atoms with E-state index in [0.29, 0.717) is 16.5 Å². The largest absolute Gasteiger partial charge is 0.206 e. The Kier molecular flexibility index (Phi) is 8.78. The lowest BCUT2D eigenvalue weighted by Gasteiger charge is -2.28. The van der Waals surface area contributed by atoms with Crippen LogP contribution < -0.4 is 0 Å². The maximum atomic E-state index is 14.7. The summed E-state index contributed by atoms with van der Waals surface area (Å²) in [7, 11) is 0. The Morgan fingerprint density at radius 2 is 1.15 bits per heavy atom. The summed E-state index contributed by atoms with van der Waals surface area (Å²) in [5, 5.41) is 0.553. The van der Waals surface area contributed by atoms with Gasteiger partial charge in [0.15, 0.2) is 0 Å². The van der Waals surface area contributed by atoms with Crippen LogP contribution in [0.15, 0.2) is 60.7 Å². The molecule has 0 heterocycles. The zero-order valence-corrected chi connectivity index (χ0v) is 20.9. The van der Waals surface area contributed by atoms with Gasteiger partial charge in [-0.25, -0.2) is 8.78 Å². The minimum absolute atomic E-state index is 0.0286. The highest BCUT2D eigenvalue weighted by molar-refractivity contribution is 6.30. The molecule has 1 saturated carbocycles. The first-order valence-electron chi connectivity index (χ1n) is 12.8. The third kappa shape index (κ3) is 6.69. The Bertz CT molecular complexity index is 1020. The molecule has 0 aromatic heterocycles. The smallest absolute Gasteiger partial charge is 0.134 e. The number of rotatable bonds is 9. The van der Waals surface area contributed by atoms with Gasteiger partial charge in [0.2, 0.25) is 0 Å². The Morgan fingerprint density at radius 1 is 0.676 bits per heavy atom. The molecule has 0 bridgehead atoms. The highest BCUT2D eigenvalue weighted by Crippen LogP contribution is 2.35. The second kappa shape index (κ2) is 12.0. The molecule has 0 unspecified atom stereocenters. The number of halogens is 3. The van der Waals surface area contributed by atoms with Crippen LogP contribution in [0, 0.1) is 23.5 Å². The molecule has 180 valence electrons. The molecule has 4 rings (SSSR count). The molecule has 3 heteroatoms. The molecule has 0 amide bonds. The van der Waals surface area contributed by atoms with Crippen LogP contribution in [-0.2, 0) is 19.3 Å². The van der Waals surface area contributed by atoms with E-state index in [1.165, 1.54) is 68.2 Å². The molecule has 1 fully saturated rings. The molecule has 0 aliphatic heterocycles. The van der Waals surface area contributed by atoms with Gasteiger partial charge < -0.3 is 0 Å². The molecule has 0 N–H and O–H groups in total. The standard InChI is InChI=1S/C31H35ClF2/c1-2-3-22-4-6-23(7-5-22)8-9-24-10-12-25(13-11-24)14-15-26-20-29(33)31(30(34)21-26)27-16-18-28(32)19-17-27/h4-7,16-21,24-25H,2-3,8-15H2,1H3/t24-,25-. The first-order chi connectivity index (χ1) is 16.5. The number of aryl methyl sites for hydroxylation is 3. The molecule has 0 radical (unpaired) electrons. The van der Waals surface area contributed by atoms with Crippen molar-refractivity contribution in [2.75, 3.05) is 0 Å². The fourth-order valence-corrected chi connectivity index (χ4v) is 5.50. The third-order valence-corrected chi connectivity index (χ3v) is 7.70. The Balaban J connectivity index is 1.23. The van der Waals surface area contributed by atoms with Crippen molar-refractivity contribution < 1.29 is 8.78 Å². The van der Waals surface area contributed by atoms with Crippen molar-refractivity contribution in [2.45, 2.75) is 71.1 Å². The molecular formula is C31H35ClF2. The van der Waals surface area contributed by atoms with Gasteiger partial charge >= 0.3 is 0 Å². The van der Waals surface area contributed by atoms with Crippen molar-refractivity contribution in [3.63, 3.8) is 0 Å². The van der Waals surface area contributed by atoms with Gasteiger partial charge in [-0.05, 0) is 90.5 Å². The van der Waals surface area contributed by atoms with E-state index in [9.17, 15) is 8.78 Å². The second-order valence-corrected chi connectivity index (χ2v) is 10.4. The van der Waals surface area contributed by atoms with Crippen molar-refractivity contribution in [1.82, 2.24) is 0 Å². The predicted octanol–water partition coefficient (Wildman–Crippen LogP) is 9.61. The zero-order chi connectivity index (χ0) is 23.9. The number of benzene rings is 3. The normalized spacial score (nSPS) is 18.2.